The zero-order valence-corrected chi connectivity index (χ0v) is 11.2. The molecule has 2 rings (SSSR count). The van der Waals surface area contributed by atoms with Gasteiger partial charge in [0.1, 0.15) is 0 Å². The molecule has 0 fully saturated rings. The second-order valence-corrected chi connectivity index (χ2v) is 5.42. The minimum absolute atomic E-state index is 0.0989. The number of fused-ring (bicyclic) bond motifs is 1. The molecule has 2 atom stereocenters. The van der Waals surface area contributed by atoms with E-state index >= 15 is 0 Å². The van der Waals surface area contributed by atoms with Crippen LogP contribution in [-0.2, 0) is 11.2 Å². The van der Waals surface area contributed by atoms with E-state index in [-0.39, 0.29) is 5.91 Å². The van der Waals surface area contributed by atoms with Crippen LogP contribution in [0.3, 0.4) is 0 Å². The Morgan fingerprint density at radius 3 is 2.94 bits per heavy atom. The van der Waals surface area contributed by atoms with Crippen molar-refractivity contribution in [2.75, 3.05) is 5.32 Å². The van der Waals surface area contributed by atoms with Crippen LogP contribution in [0.15, 0.2) is 18.2 Å². The number of rotatable bonds is 3. The van der Waals surface area contributed by atoms with Crippen LogP contribution in [0.4, 0.5) is 5.69 Å². The van der Waals surface area contributed by atoms with Crippen LogP contribution in [0.1, 0.15) is 36.2 Å². The van der Waals surface area contributed by atoms with Gasteiger partial charge in [0.25, 0.3) is 0 Å². The van der Waals surface area contributed by atoms with Crippen LogP contribution in [0.5, 0.6) is 0 Å². The van der Waals surface area contributed by atoms with Crippen LogP contribution in [-0.4, -0.2) is 5.91 Å². The Balaban J connectivity index is 2.25. The Hall–Kier alpha value is -0.830. The normalized spacial score (nSPS) is 17.8. The average Bonchev–Trinajstić information content (AvgIpc) is 2.65. The second kappa shape index (κ2) is 4.58. The number of halogens is 1. The van der Waals surface area contributed by atoms with E-state index in [1.807, 2.05) is 6.07 Å². The summed E-state index contributed by atoms with van der Waals surface area (Å²) >= 11 is 3.73. The summed E-state index contributed by atoms with van der Waals surface area (Å²) in [5, 5.41) is 2.85. The maximum absolute atomic E-state index is 11.2. The van der Waals surface area contributed by atoms with Gasteiger partial charge in [-0.1, -0.05) is 48.3 Å². The van der Waals surface area contributed by atoms with Gasteiger partial charge in [0.15, 0.2) is 0 Å². The molecule has 1 aromatic rings. The second-order valence-electron chi connectivity index (χ2n) is 4.43. The minimum atomic E-state index is 0.0989. The molecule has 2 nitrogen and oxygen atoms in total. The molecule has 0 spiro atoms. The van der Waals surface area contributed by atoms with Gasteiger partial charge in [0, 0.05) is 10.5 Å². The number of amides is 1. The molecule has 0 saturated heterocycles. The zero-order chi connectivity index (χ0) is 11.7. The first-order chi connectivity index (χ1) is 7.61. The zero-order valence-electron chi connectivity index (χ0n) is 9.59. The number of benzene rings is 1. The third-order valence-corrected chi connectivity index (χ3v) is 4.65. The van der Waals surface area contributed by atoms with E-state index in [0.29, 0.717) is 17.2 Å². The van der Waals surface area contributed by atoms with E-state index in [1.54, 1.807) is 0 Å². The van der Waals surface area contributed by atoms with Gasteiger partial charge in [-0.3, -0.25) is 4.79 Å². The molecule has 0 radical (unpaired) electrons. The van der Waals surface area contributed by atoms with Crippen molar-refractivity contribution in [2.24, 2.45) is 5.92 Å². The summed E-state index contributed by atoms with van der Waals surface area (Å²) < 4.78 is 0. The molecular weight excluding hydrogens is 266 g/mol. The van der Waals surface area contributed by atoms with E-state index in [0.717, 1.165) is 17.7 Å². The van der Waals surface area contributed by atoms with Crippen molar-refractivity contribution in [3.8, 4) is 0 Å². The summed E-state index contributed by atoms with van der Waals surface area (Å²) in [6.45, 7) is 4.42. The monoisotopic (exact) mass is 281 g/mol. The van der Waals surface area contributed by atoms with Crippen molar-refractivity contribution >= 4 is 27.5 Å². The Kier molecular flexibility index (Phi) is 3.33. The minimum Gasteiger partial charge on any atom is -0.326 e. The summed E-state index contributed by atoms with van der Waals surface area (Å²) in [5.74, 6) is 0.699. The Labute approximate surface area is 105 Å². The van der Waals surface area contributed by atoms with E-state index in [9.17, 15) is 4.79 Å². The standard InChI is InChI=1S/C13H16BrNO/c1-3-8(2)13(14)9-4-5-11-10(6-9)7-12(16)15-11/h4-6,8,13H,3,7H2,1-2H3,(H,15,16). The Morgan fingerprint density at radius 2 is 2.25 bits per heavy atom. The van der Waals surface area contributed by atoms with Gasteiger partial charge in [-0.15, -0.1) is 0 Å². The number of nitrogens with one attached hydrogen (secondary N) is 1. The molecule has 86 valence electrons. The lowest BCUT2D eigenvalue weighted by atomic mass is 9.97. The van der Waals surface area contributed by atoms with Crippen LogP contribution in [0.2, 0.25) is 0 Å². The van der Waals surface area contributed by atoms with Crippen molar-refractivity contribution in [1.82, 2.24) is 0 Å². The van der Waals surface area contributed by atoms with Gasteiger partial charge < -0.3 is 5.32 Å². The van der Waals surface area contributed by atoms with E-state index in [4.69, 9.17) is 0 Å². The quantitative estimate of drug-likeness (QED) is 0.842. The molecule has 1 aliphatic heterocycles. The van der Waals surface area contributed by atoms with Crippen molar-refractivity contribution in [2.45, 2.75) is 31.5 Å². The Bertz CT molecular complexity index is 416. The third-order valence-electron chi connectivity index (χ3n) is 3.22. The summed E-state index contributed by atoms with van der Waals surface area (Å²) in [5.41, 5.74) is 3.36. The lowest BCUT2D eigenvalue weighted by Crippen LogP contribution is -2.03. The van der Waals surface area contributed by atoms with Gasteiger partial charge in [0.05, 0.1) is 6.42 Å². The first kappa shape index (κ1) is 11.6. The molecule has 2 unspecified atom stereocenters. The number of alkyl halides is 1. The van der Waals surface area contributed by atoms with Crippen molar-refractivity contribution in [1.29, 1.82) is 0 Å². The van der Waals surface area contributed by atoms with Gasteiger partial charge in [-0.2, -0.15) is 0 Å². The van der Waals surface area contributed by atoms with E-state index in [1.165, 1.54) is 5.56 Å². The topological polar surface area (TPSA) is 29.1 Å². The summed E-state index contributed by atoms with van der Waals surface area (Å²) in [6.07, 6.45) is 1.66. The lowest BCUT2D eigenvalue weighted by molar-refractivity contribution is -0.115. The van der Waals surface area contributed by atoms with Crippen molar-refractivity contribution in [3.63, 3.8) is 0 Å². The fourth-order valence-electron chi connectivity index (χ4n) is 1.96. The Morgan fingerprint density at radius 1 is 1.50 bits per heavy atom. The molecule has 1 aliphatic rings. The SMILES string of the molecule is CCC(C)C(Br)c1ccc2c(c1)CC(=O)N2. The van der Waals surface area contributed by atoms with Crippen LogP contribution in [0.25, 0.3) is 0 Å². The highest BCUT2D eigenvalue weighted by Crippen LogP contribution is 2.35. The van der Waals surface area contributed by atoms with Gasteiger partial charge in [-0.05, 0) is 23.1 Å². The highest BCUT2D eigenvalue weighted by molar-refractivity contribution is 9.09. The molecular formula is C13H16BrNO. The van der Waals surface area contributed by atoms with Crippen LogP contribution >= 0.6 is 15.9 Å². The first-order valence-electron chi connectivity index (χ1n) is 5.68. The predicted molar refractivity (Wildman–Crippen MR) is 69.9 cm³/mol. The average molecular weight is 282 g/mol. The van der Waals surface area contributed by atoms with Gasteiger partial charge >= 0.3 is 0 Å². The number of anilines is 1. The molecule has 0 bridgehead atoms. The molecule has 0 saturated carbocycles. The highest BCUT2D eigenvalue weighted by Gasteiger charge is 2.20. The molecule has 1 heterocycles. The number of hydrogen-bond donors (Lipinski definition) is 1. The lowest BCUT2D eigenvalue weighted by Gasteiger charge is -2.17. The summed E-state index contributed by atoms with van der Waals surface area (Å²) in [6, 6.07) is 6.24. The number of carbonyl (C=O) groups excluding carboxylic acids is 1. The van der Waals surface area contributed by atoms with Crippen LogP contribution in [0, 0.1) is 5.92 Å². The predicted octanol–water partition coefficient (Wildman–Crippen LogP) is 3.66. The number of carbonyl (C=O) groups is 1. The number of hydrogen-bond acceptors (Lipinski definition) is 1. The molecule has 1 amide bonds. The first-order valence-corrected chi connectivity index (χ1v) is 6.60. The van der Waals surface area contributed by atoms with Gasteiger partial charge in [-0.25, -0.2) is 0 Å². The molecule has 3 heteroatoms. The largest absolute Gasteiger partial charge is 0.326 e. The fraction of sp³-hybridized carbons (Fsp3) is 0.462. The molecule has 16 heavy (non-hydrogen) atoms. The van der Waals surface area contributed by atoms with Crippen molar-refractivity contribution in [3.05, 3.63) is 29.3 Å². The van der Waals surface area contributed by atoms with Crippen molar-refractivity contribution < 1.29 is 4.79 Å². The maximum Gasteiger partial charge on any atom is 0.228 e. The van der Waals surface area contributed by atoms with E-state index < -0.39 is 0 Å². The van der Waals surface area contributed by atoms with Gasteiger partial charge in [0.2, 0.25) is 5.91 Å². The molecule has 1 aromatic carbocycles. The molecule has 0 aliphatic carbocycles. The molecule has 0 aromatic heterocycles. The summed E-state index contributed by atoms with van der Waals surface area (Å²) in [4.78, 5) is 11.6. The highest BCUT2D eigenvalue weighted by atomic mass is 79.9. The maximum atomic E-state index is 11.2. The fourth-order valence-corrected chi connectivity index (χ4v) is 2.61. The summed E-state index contributed by atoms with van der Waals surface area (Å²) in [7, 11) is 0. The van der Waals surface area contributed by atoms with Crippen LogP contribution < -0.4 is 5.32 Å². The van der Waals surface area contributed by atoms with E-state index in [2.05, 4.69) is 47.2 Å². The molecule has 1 N–H and O–H groups in total. The smallest absolute Gasteiger partial charge is 0.228 e. The third kappa shape index (κ3) is 2.14.